The van der Waals surface area contributed by atoms with Crippen LogP contribution in [0.5, 0.6) is 0 Å². The Morgan fingerprint density at radius 1 is 0.946 bits per heavy atom. The first-order chi connectivity index (χ1) is 17.8. The number of alkyl halides is 2. The molecule has 8 nitrogen and oxygen atoms in total. The van der Waals surface area contributed by atoms with E-state index in [2.05, 4.69) is 19.8 Å². The molecule has 1 spiro atoms. The summed E-state index contributed by atoms with van der Waals surface area (Å²) >= 11 is 0. The van der Waals surface area contributed by atoms with Crippen molar-refractivity contribution in [3.05, 3.63) is 36.4 Å². The van der Waals surface area contributed by atoms with E-state index < -0.39 is 16.9 Å². The Morgan fingerprint density at radius 3 is 2.38 bits per heavy atom. The van der Waals surface area contributed by atoms with Crippen LogP contribution >= 0.6 is 0 Å². The molecule has 37 heavy (non-hydrogen) atoms. The lowest BCUT2D eigenvalue weighted by atomic mass is 9.93. The molecule has 6 rings (SSSR count). The molecule has 1 atom stereocenters. The zero-order valence-electron chi connectivity index (χ0n) is 20.8. The highest BCUT2D eigenvalue weighted by atomic mass is 32.2. The maximum Gasteiger partial charge on any atom is 0.251 e. The number of pyridine rings is 1. The van der Waals surface area contributed by atoms with Gasteiger partial charge in [-0.2, -0.15) is 5.10 Å². The first kappa shape index (κ1) is 24.3. The van der Waals surface area contributed by atoms with Crippen LogP contribution in [0.25, 0.3) is 22.9 Å². The lowest BCUT2D eigenvalue weighted by molar-refractivity contribution is -0.0221. The monoisotopic (exact) mass is 527 g/mol. The van der Waals surface area contributed by atoms with E-state index in [1.165, 1.54) is 25.7 Å². The molecule has 0 radical (unpaired) electrons. The summed E-state index contributed by atoms with van der Waals surface area (Å²) < 4.78 is 42.0. The molecular formula is C26H31F2N7OS. The number of aromatic nitrogens is 4. The van der Waals surface area contributed by atoms with Crippen molar-refractivity contribution in [1.29, 1.82) is 0 Å². The largest absolute Gasteiger partial charge is 0.371 e. The van der Waals surface area contributed by atoms with Crippen LogP contribution in [0.15, 0.2) is 36.4 Å². The predicted octanol–water partition coefficient (Wildman–Crippen LogP) is 4.86. The average molecular weight is 528 g/mol. The highest BCUT2D eigenvalue weighted by Gasteiger charge is 2.44. The summed E-state index contributed by atoms with van der Waals surface area (Å²) in [5.74, 6) is -0.850. The Labute approximate surface area is 217 Å². The maximum atomic E-state index is 13.6. The molecule has 2 aliphatic heterocycles. The molecule has 3 aromatic rings. The number of anilines is 3. The number of hydrogen-bond acceptors (Lipinski definition) is 6. The van der Waals surface area contributed by atoms with Crippen LogP contribution in [-0.2, 0) is 11.0 Å². The Morgan fingerprint density at radius 2 is 1.68 bits per heavy atom. The number of piperidine rings is 2. The normalized spacial score (nSPS) is 21.2. The van der Waals surface area contributed by atoms with Gasteiger partial charge >= 0.3 is 0 Å². The van der Waals surface area contributed by atoms with Gasteiger partial charge in [-0.1, -0.05) is 6.07 Å². The van der Waals surface area contributed by atoms with Crippen molar-refractivity contribution in [3.8, 4) is 22.9 Å². The minimum Gasteiger partial charge on any atom is -0.371 e. The maximum absolute atomic E-state index is 13.6. The van der Waals surface area contributed by atoms with E-state index in [-0.39, 0.29) is 25.9 Å². The third-order valence-electron chi connectivity index (χ3n) is 7.90. The second-order valence-electron chi connectivity index (χ2n) is 10.5. The Balaban J connectivity index is 1.27. The van der Waals surface area contributed by atoms with E-state index in [0.717, 1.165) is 30.0 Å². The van der Waals surface area contributed by atoms with Crippen molar-refractivity contribution in [2.75, 3.05) is 47.0 Å². The fraction of sp³-hybridized carbons (Fsp3) is 0.500. The summed E-state index contributed by atoms with van der Waals surface area (Å²) in [6, 6.07) is 11.4. The van der Waals surface area contributed by atoms with Crippen molar-refractivity contribution in [1.82, 2.24) is 20.2 Å². The average Bonchev–Trinajstić information content (AvgIpc) is 3.44. The van der Waals surface area contributed by atoms with E-state index in [1.807, 2.05) is 41.3 Å². The van der Waals surface area contributed by atoms with Gasteiger partial charge in [-0.25, -0.2) is 23.0 Å². The van der Waals surface area contributed by atoms with Gasteiger partial charge in [-0.15, -0.1) is 0 Å². The minimum atomic E-state index is -2.60. The van der Waals surface area contributed by atoms with Gasteiger partial charge in [-0.3, -0.25) is 5.10 Å². The molecule has 2 aromatic heterocycles. The number of hydrogen-bond donors (Lipinski definition) is 2. The fourth-order valence-electron chi connectivity index (χ4n) is 5.40. The van der Waals surface area contributed by atoms with Crippen molar-refractivity contribution in [2.45, 2.75) is 44.4 Å². The van der Waals surface area contributed by atoms with Crippen molar-refractivity contribution in [2.24, 2.45) is 5.41 Å². The molecule has 1 aliphatic carbocycles. The summed E-state index contributed by atoms with van der Waals surface area (Å²) in [6.07, 6.45) is 6.32. The van der Waals surface area contributed by atoms with Gasteiger partial charge in [0.05, 0.1) is 0 Å². The van der Waals surface area contributed by atoms with Crippen LogP contribution in [0, 0.1) is 5.41 Å². The molecule has 1 saturated carbocycles. The highest BCUT2D eigenvalue weighted by Crippen LogP contribution is 2.54. The molecule has 0 amide bonds. The lowest BCUT2D eigenvalue weighted by Gasteiger charge is -2.35. The summed E-state index contributed by atoms with van der Waals surface area (Å²) in [7, 11) is -1.17. The van der Waals surface area contributed by atoms with Crippen LogP contribution in [0.1, 0.15) is 38.5 Å². The Kier molecular flexibility index (Phi) is 6.13. The van der Waals surface area contributed by atoms with Gasteiger partial charge in [0.1, 0.15) is 22.5 Å². The fourth-order valence-corrected chi connectivity index (χ4v) is 5.86. The molecule has 0 bridgehead atoms. The summed E-state index contributed by atoms with van der Waals surface area (Å²) in [6.45, 7) is 2.49. The molecule has 2 N–H and O–H groups in total. The third-order valence-corrected chi connectivity index (χ3v) is 8.43. The summed E-state index contributed by atoms with van der Waals surface area (Å²) in [5.41, 5.74) is 3.88. The number of H-pyrrole nitrogens is 1. The van der Waals surface area contributed by atoms with E-state index in [1.54, 1.807) is 6.26 Å². The quantitative estimate of drug-likeness (QED) is 0.476. The zero-order chi connectivity index (χ0) is 25.6. The van der Waals surface area contributed by atoms with Crippen LogP contribution in [0.4, 0.5) is 26.0 Å². The number of halogens is 2. The van der Waals surface area contributed by atoms with E-state index >= 15 is 0 Å². The number of nitrogens with zero attached hydrogens (tertiary/aromatic N) is 5. The van der Waals surface area contributed by atoms with Gasteiger partial charge in [-0.05, 0) is 61.4 Å². The van der Waals surface area contributed by atoms with Gasteiger partial charge < -0.3 is 14.5 Å². The molecular weight excluding hydrogens is 496 g/mol. The van der Waals surface area contributed by atoms with Gasteiger partial charge in [0.25, 0.3) is 5.92 Å². The zero-order valence-corrected chi connectivity index (χ0v) is 21.7. The molecule has 196 valence electrons. The van der Waals surface area contributed by atoms with Crippen LogP contribution < -0.4 is 14.5 Å². The van der Waals surface area contributed by atoms with Gasteiger partial charge in [0, 0.05) is 62.2 Å². The minimum absolute atomic E-state index is 0.164. The molecule has 1 unspecified atom stereocenters. The molecule has 4 heterocycles. The third kappa shape index (κ3) is 5.18. The second kappa shape index (κ2) is 9.34. The van der Waals surface area contributed by atoms with E-state index in [9.17, 15) is 13.0 Å². The van der Waals surface area contributed by atoms with Gasteiger partial charge in [0.15, 0.2) is 11.6 Å². The van der Waals surface area contributed by atoms with Crippen LogP contribution in [0.2, 0.25) is 0 Å². The standard InChI is InChI=1S/C26H31F2N7OS/c1-37(36)33-18-5-6-19(21(17-18)34-13-9-25(7-8-25)10-14-34)23-30-24(32-31-23)20-3-2-4-22(29-20)35-15-11-26(27,28)12-16-35/h2-6,17,33H,7-16H2,1H3,(H,30,31,32). The van der Waals surface area contributed by atoms with Gasteiger partial charge in [0.2, 0.25) is 0 Å². The molecule has 3 fully saturated rings. The second-order valence-corrected chi connectivity index (χ2v) is 11.6. The predicted molar refractivity (Wildman–Crippen MR) is 142 cm³/mol. The summed E-state index contributed by atoms with van der Waals surface area (Å²) in [5, 5.41) is 7.53. The topological polar surface area (TPSA) is 90.0 Å². The Hall–Kier alpha value is -3.08. The molecule has 1 aromatic carbocycles. The first-order valence-electron chi connectivity index (χ1n) is 12.8. The SMILES string of the molecule is CS(=O)Nc1ccc(-c2n[nH]c(-c3cccc(N4CCC(F)(F)CC4)n3)n2)c(N2CCC3(CC2)CC3)c1. The molecule has 11 heteroatoms. The number of nitrogens with one attached hydrogen (secondary N) is 2. The Bertz CT molecular complexity index is 1310. The first-order valence-corrected chi connectivity index (χ1v) is 14.4. The number of aromatic amines is 1. The van der Waals surface area contributed by atoms with E-state index in [0.29, 0.717) is 28.6 Å². The molecule has 3 aliphatic rings. The molecule has 2 saturated heterocycles. The highest BCUT2D eigenvalue weighted by molar-refractivity contribution is 7.85. The van der Waals surface area contributed by atoms with Crippen molar-refractivity contribution < 1.29 is 13.0 Å². The summed E-state index contributed by atoms with van der Waals surface area (Å²) in [4.78, 5) is 13.7. The van der Waals surface area contributed by atoms with Crippen LogP contribution in [-0.4, -0.2) is 62.7 Å². The number of rotatable bonds is 6. The van der Waals surface area contributed by atoms with Crippen molar-refractivity contribution in [3.63, 3.8) is 0 Å². The smallest absolute Gasteiger partial charge is 0.251 e. The lowest BCUT2D eigenvalue weighted by Crippen LogP contribution is -2.39. The van der Waals surface area contributed by atoms with E-state index in [4.69, 9.17) is 9.97 Å². The van der Waals surface area contributed by atoms with Crippen molar-refractivity contribution >= 4 is 28.2 Å². The van der Waals surface area contributed by atoms with Crippen LogP contribution in [0.3, 0.4) is 0 Å². The number of benzene rings is 1.